The monoisotopic (exact) mass is 258 g/mol. The van der Waals surface area contributed by atoms with Crippen molar-refractivity contribution < 1.29 is 9.90 Å². The van der Waals surface area contributed by atoms with Gasteiger partial charge in [0.05, 0.1) is 4.88 Å². The van der Waals surface area contributed by atoms with Crippen LogP contribution in [-0.2, 0) is 5.11 Å². The summed E-state index contributed by atoms with van der Waals surface area (Å²) in [5, 5.41) is 15.1. The van der Waals surface area contributed by atoms with E-state index in [-0.39, 0.29) is 12.5 Å². The number of carbonyl (C=O) groups excluding carboxylic acids is 1. The molecule has 0 fully saturated rings. The van der Waals surface area contributed by atoms with Gasteiger partial charge in [-0.3, -0.25) is 4.79 Å². The Balaban J connectivity index is 2.10. The van der Waals surface area contributed by atoms with Crippen LogP contribution in [0.2, 0.25) is 0 Å². The van der Waals surface area contributed by atoms with E-state index in [2.05, 4.69) is 5.32 Å². The van der Waals surface area contributed by atoms with Crippen LogP contribution in [0.25, 0.3) is 6.08 Å². The summed E-state index contributed by atoms with van der Waals surface area (Å²) in [7, 11) is 0. The SMILES string of the molecule is [O]CC=Cc1cccc(NC(=O)c2cccs2)c1. The van der Waals surface area contributed by atoms with Crippen molar-refractivity contribution in [1.29, 1.82) is 0 Å². The zero-order valence-electron chi connectivity index (χ0n) is 9.63. The minimum atomic E-state index is -0.244. The molecule has 1 aromatic heterocycles. The number of nitrogens with one attached hydrogen (secondary N) is 1. The maximum absolute atomic E-state index is 11.8. The molecule has 2 aromatic rings. The Kier molecular flexibility index (Phi) is 4.28. The van der Waals surface area contributed by atoms with Crippen LogP contribution in [0.4, 0.5) is 5.69 Å². The number of benzene rings is 1. The standard InChI is InChI=1S/C14H12NO2S/c16-8-2-5-11-4-1-6-12(10-11)15-14(17)13-7-3-9-18-13/h1-7,9-10H,8H2,(H,15,17). The molecule has 1 aromatic carbocycles. The lowest BCUT2D eigenvalue weighted by Crippen LogP contribution is -2.09. The first-order valence-electron chi connectivity index (χ1n) is 5.49. The number of anilines is 1. The smallest absolute Gasteiger partial charge is 0.265 e. The number of hydrogen-bond acceptors (Lipinski definition) is 2. The maximum atomic E-state index is 11.8. The third-order valence-corrected chi connectivity index (χ3v) is 3.16. The molecule has 0 saturated heterocycles. The van der Waals surface area contributed by atoms with Crippen molar-refractivity contribution in [2.75, 3.05) is 11.9 Å². The molecule has 3 nitrogen and oxygen atoms in total. The molecule has 0 atom stereocenters. The predicted molar refractivity (Wildman–Crippen MR) is 73.3 cm³/mol. The highest BCUT2D eigenvalue weighted by atomic mass is 32.1. The third-order valence-electron chi connectivity index (χ3n) is 2.30. The number of thiophene rings is 1. The van der Waals surface area contributed by atoms with Gasteiger partial charge in [0.15, 0.2) is 0 Å². The van der Waals surface area contributed by atoms with Crippen molar-refractivity contribution >= 4 is 29.0 Å². The van der Waals surface area contributed by atoms with Crippen LogP contribution in [0.15, 0.2) is 47.9 Å². The molecule has 18 heavy (non-hydrogen) atoms. The second kappa shape index (κ2) is 6.14. The van der Waals surface area contributed by atoms with E-state index in [9.17, 15) is 9.90 Å². The summed E-state index contributed by atoms with van der Waals surface area (Å²) in [6, 6.07) is 11.0. The van der Waals surface area contributed by atoms with Crippen molar-refractivity contribution in [3.8, 4) is 0 Å². The molecule has 91 valence electrons. The van der Waals surface area contributed by atoms with Gasteiger partial charge in [-0.25, -0.2) is 5.11 Å². The molecule has 0 aliphatic carbocycles. The average molecular weight is 258 g/mol. The molecule has 4 heteroatoms. The third kappa shape index (κ3) is 3.29. The maximum Gasteiger partial charge on any atom is 0.265 e. The Morgan fingerprint density at radius 1 is 1.28 bits per heavy atom. The van der Waals surface area contributed by atoms with Crippen molar-refractivity contribution in [2.24, 2.45) is 0 Å². The highest BCUT2D eigenvalue weighted by Gasteiger charge is 2.06. The van der Waals surface area contributed by atoms with Gasteiger partial charge in [0.25, 0.3) is 5.91 Å². The summed E-state index contributed by atoms with van der Waals surface area (Å²) >= 11 is 1.40. The van der Waals surface area contributed by atoms with Crippen LogP contribution >= 0.6 is 11.3 Å². The Morgan fingerprint density at radius 3 is 2.89 bits per heavy atom. The lowest BCUT2D eigenvalue weighted by atomic mass is 10.2. The van der Waals surface area contributed by atoms with Gasteiger partial charge in [-0.1, -0.05) is 30.4 Å². The van der Waals surface area contributed by atoms with Gasteiger partial charge in [0, 0.05) is 5.69 Å². The molecule has 0 aliphatic rings. The fourth-order valence-corrected chi connectivity index (χ4v) is 2.12. The molecule has 1 radical (unpaired) electrons. The number of carbonyl (C=O) groups is 1. The summed E-state index contributed by atoms with van der Waals surface area (Å²) < 4.78 is 0. The van der Waals surface area contributed by atoms with Gasteiger partial charge in [-0.05, 0) is 29.1 Å². The Hall–Kier alpha value is -1.91. The lowest BCUT2D eigenvalue weighted by molar-refractivity contribution is 0.103. The highest BCUT2D eigenvalue weighted by Crippen LogP contribution is 2.15. The molecule has 2 rings (SSSR count). The quantitative estimate of drug-likeness (QED) is 0.897. The number of hydrogen-bond donors (Lipinski definition) is 1. The number of amides is 1. The number of rotatable bonds is 4. The topological polar surface area (TPSA) is 49.0 Å². The van der Waals surface area contributed by atoms with E-state index in [0.717, 1.165) is 11.3 Å². The molecule has 0 bridgehead atoms. The highest BCUT2D eigenvalue weighted by molar-refractivity contribution is 7.12. The first kappa shape index (κ1) is 12.5. The molecular weight excluding hydrogens is 246 g/mol. The van der Waals surface area contributed by atoms with Gasteiger partial charge in [0.2, 0.25) is 0 Å². The molecule has 0 saturated carbocycles. The second-order valence-electron chi connectivity index (χ2n) is 3.63. The van der Waals surface area contributed by atoms with E-state index in [4.69, 9.17) is 0 Å². The van der Waals surface area contributed by atoms with E-state index in [1.165, 1.54) is 11.3 Å². The molecule has 1 amide bonds. The van der Waals surface area contributed by atoms with E-state index in [0.29, 0.717) is 4.88 Å². The molecule has 0 spiro atoms. The predicted octanol–water partition coefficient (Wildman–Crippen LogP) is 3.44. The zero-order chi connectivity index (χ0) is 12.8. The van der Waals surface area contributed by atoms with Gasteiger partial charge < -0.3 is 5.32 Å². The Labute approximate surface area is 109 Å². The first-order valence-corrected chi connectivity index (χ1v) is 6.37. The minimum absolute atomic E-state index is 0.116. The van der Waals surface area contributed by atoms with Crippen molar-refractivity contribution in [2.45, 2.75) is 0 Å². The van der Waals surface area contributed by atoms with Gasteiger partial charge in [-0.15, -0.1) is 11.3 Å². The summed E-state index contributed by atoms with van der Waals surface area (Å²) in [6.07, 6.45) is 3.29. The molecular formula is C14H12NO2S. The summed E-state index contributed by atoms with van der Waals surface area (Å²) in [6.45, 7) is -0.244. The van der Waals surface area contributed by atoms with Gasteiger partial charge >= 0.3 is 0 Å². The van der Waals surface area contributed by atoms with E-state index in [1.54, 1.807) is 18.2 Å². The Bertz CT molecular complexity index is 547. The lowest BCUT2D eigenvalue weighted by Gasteiger charge is -2.04. The fraction of sp³-hybridized carbons (Fsp3) is 0.0714. The van der Waals surface area contributed by atoms with Gasteiger partial charge in [-0.2, -0.15) is 0 Å². The van der Waals surface area contributed by atoms with Crippen LogP contribution in [0.1, 0.15) is 15.2 Å². The Morgan fingerprint density at radius 2 is 2.17 bits per heavy atom. The molecule has 0 aliphatic heterocycles. The van der Waals surface area contributed by atoms with E-state index < -0.39 is 0 Å². The largest absolute Gasteiger partial charge is 0.321 e. The molecule has 1 heterocycles. The minimum Gasteiger partial charge on any atom is -0.321 e. The van der Waals surface area contributed by atoms with E-state index >= 15 is 0 Å². The van der Waals surface area contributed by atoms with Crippen LogP contribution in [-0.4, -0.2) is 12.5 Å². The van der Waals surface area contributed by atoms with Gasteiger partial charge in [0.1, 0.15) is 6.61 Å². The molecule has 1 N–H and O–H groups in total. The molecule has 0 unspecified atom stereocenters. The zero-order valence-corrected chi connectivity index (χ0v) is 10.4. The second-order valence-corrected chi connectivity index (χ2v) is 4.57. The van der Waals surface area contributed by atoms with Crippen LogP contribution in [0, 0.1) is 0 Å². The summed E-state index contributed by atoms with van der Waals surface area (Å²) in [5.41, 5.74) is 1.62. The van der Waals surface area contributed by atoms with Crippen LogP contribution < -0.4 is 5.32 Å². The van der Waals surface area contributed by atoms with Crippen LogP contribution in [0.5, 0.6) is 0 Å². The first-order chi connectivity index (χ1) is 8.79. The summed E-state index contributed by atoms with van der Waals surface area (Å²) in [5.74, 6) is -0.116. The average Bonchev–Trinajstić information content (AvgIpc) is 2.91. The van der Waals surface area contributed by atoms with Crippen LogP contribution in [0.3, 0.4) is 0 Å². The summed E-state index contributed by atoms with van der Waals surface area (Å²) in [4.78, 5) is 12.5. The van der Waals surface area contributed by atoms with Crippen molar-refractivity contribution in [3.05, 3.63) is 58.3 Å². The van der Waals surface area contributed by atoms with E-state index in [1.807, 2.05) is 35.7 Å². The van der Waals surface area contributed by atoms with Crippen molar-refractivity contribution in [1.82, 2.24) is 0 Å². The van der Waals surface area contributed by atoms with Crippen molar-refractivity contribution in [3.63, 3.8) is 0 Å². The normalized spacial score (nSPS) is 10.7. The fourth-order valence-electron chi connectivity index (χ4n) is 1.50.